The number of benzene rings is 2. The molecule has 1 aromatic heterocycles. The Morgan fingerprint density at radius 1 is 1.07 bits per heavy atom. The molecule has 1 heterocycles. The van der Waals surface area contributed by atoms with Crippen LogP contribution in [-0.2, 0) is 11.3 Å². The van der Waals surface area contributed by atoms with Crippen molar-refractivity contribution in [1.29, 1.82) is 0 Å². The molecule has 3 aromatic rings. The van der Waals surface area contributed by atoms with Crippen LogP contribution < -0.4 is 21.3 Å². The predicted molar refractivity (Wildman–Crippen MR) is 98.3 cm³/mol. The minimum atomic E-state index is -0.526. The van der Waals surface area contributed by atoms with Gasteiger partial charge in [0, 0.05) is 18.5 Å². The molecule has 0 spiro atoms. The lowest BCUT2D eigenvalue weighted by Crippen LogP contribution is -2.42. The second-order valence-electron chi connectivity index (χ2n) is 5.70. The number of rotatable bonds is 6. The third-order valence-electron chi connectivity index (χ3n) is 3.88. The second-order valence-corrected chi connectivity index (χ2v) is 5.70. The first-order valence-electron chi connectivity index (χ1n) is 8.49. The lowest BCUT2D eigenvalue weighted by Gasteiger charge is -2.08. The topological polar surface area (TPSA) is 103 Å². The van der Waals surface area contributed by atoms with E-state index in [4.69, 9.17) is 9.15 Å². The molecular weight excluding hydrogens is 350 g/mol. The molecule has 8 heteroatoms. The fourth-order valence-corrected chi connectivity index (χ4v) is 2.57. The molecule has 0 saturated heterocycles. The standard InChI is InChI=1S/C19H19N3O5/c1-2-26-14-9-7-13(8-10-14)18(24)21-20-17(23)11-12-22-15-5-3-4-6-16(15)27-19(22)25/h3-10H,2,11-12H2,1H3,(H,20,23)(H,21,24). The summed E-state index contributed by atoms with van der Waals surface area (Å²) in [5.41, 5.74) is 6.15. The molecule has 0 atom stereocenters. The van der Waals surface area contributed by atoms with Crippen molar-refractivity contribution in [3.63, 3.8) is 0 Å². The minimum Gasteiger partial charge on any atom is -0.494 e. The molecule has 0 aliphatic carbocycles. The van der Waals surface area contributed by atoms with Gasteiger partial charge in [-0.05, 0) is 43.3 Å². The van der Waals surface area contributed by atoms with Gasteiger partial charge >= 0.3 is 5.76 Å². The van der Waals surface area contributed by atoms with Crippen molar-refractivity contribution in [3.05, 3.63) is 64.6 Å². The number of aryl methyl sites for hydroxylation is 1. The Morgan fingerprint density at radius 3 is 2.56 bits per heavy atom. The van der Waals surface area contributed by atoms with E-state index in [9.17, 15) is 14.4 Å². The highest BCUT2D eigenvalue weighted by Crippen LogP contribution is 2.12. The molecule has 3 rings (SSSR count). The molecule has 0 fully saturated rings. The van der Waals surface area contributed by atoms with Gasteiger partial charge < -0.3 is 9.15 Å². The fraction of sp³-hybridized carbons (Fsp3) is 0.211. The quantitative estimate of drug-likeness (QED) is 0.646. The third kappa shape index (κ3) is 4.35. The maximum Gasteiger partial charge on any atom is 0.419 e. The van der Waals surface area contributed by atoms with E-state index in [-0.39, 0.29) is 13.0 Å². The highest BCUT2D eigenvalue weighted by molar-refractivity contribution is 5.95. The van der Waals surface area contributed by atoms with Crippen molar-refractivity contribution >= 4 is 22.9 Å². The minimum absolute atomic E-state index is 0.00694. The van der Waals surface area contributed by atoms with Crippen LogP contribution >= 0.6 is 0 Å². The lowest BCUT2D eigenvalue weighted by molar-refractivity contribution is -0.122. The Bertz CT molecular complexity index is 1000. The van der Waals surface area contributed by atoms with Gasteiger partial charge in [-0.15, -0.1) is 0 Å². The first kappa shape index (κ1) is 18.2. The van der Waals surface area contributed by atoms with Crippen LogP contribution in [0.25, 0.3) is 11.1 Å². The van der Waals surface area contributed by atoms with Crippen LogP contribution in [0.3, 0.4) is 0 Å². The number of ether oxygens (including phenoxy) is 1. The highest BCUT2D eigenvalue weighted by atomic mass is 16.5. The molecule has 27 heavy (non-hydrogen) atoms. The van der Waals surface area contributed by atoms with Gasteiger partial charge in [0.15, 0.2) is 5.58 Å². The number of carbonyl (C=O) groups excluding carboxylic acids is 2. The first-order valence-corrected chi connectivity index (χ1v) is 8.49. The van der Waals surface area contributed by atoms with Gasteiger partial charge in [0.2, 0.25) is 5.91 Å². The second kappa shape index (κ2) is 8.22. The Hall–Kier alpha value is -3.55. The van der Waals surface area contributed by atoms with Gasteiger partial charge in [0.05, 0.1) is 12.1 Å². The normalized spacial score (nSPS) is 10.6. The highest BCUT2D eigenvalue weighted by Gasteiger charge is 2.11. The van der Waals surface area contributed by atoms with Crippen LogP contribution in [0.5, 0.6) is 5.75 Å². The zero-order chi connectivity index (χ0) is 19.2. The fourth-order valence-electron chi connectivity index (χ4n) is 2.57. The van der Waals surface area contributed by atoms with Gasteiger partial charge in [-0.2, -0.15) is 0 Å². The van der Waals surface area contributed by atoms with Gasteiger partial charge in [0.1, 0.15) is 5.75 Å². The summed E-state index contributed by atoms with van der Waals surface area (Å²) in [7, 11) is 0. The van der Waals surface area contributed by atoms with Crippen LogP contribution in [0, 0.1) is 0 Å². The predicted octanol–water partition coefficient (Wildman–Crippen LogP) is 1.84. The zero-order valence-corrected chi connectivity index (χ0v) is 14.7. The number of nitrogens with one attached hydrogen (secondary N) is 2. The lowest BCUT2D eigenvalue weighted by atomic mass is 10.2. The molecule has 140 valence electrons. The number of para-hydroxylation sites is 2. The van der Waals surface area contributed by atoms with Gasteiger partial charge in [-0.25, -0.2) is 4.79 Å². The summed E-state index contributed by atoms with van der Waals surface area (Å²) in [6.07, 6.45) is 0.00694. The van der Waals surface area contributed by atoms with Crippen LogP contribution in [0.1, 0.15) is 23.7 Å². The van der Waals surface area contributed by atoms with E-state index in [1.54, 1.807) is 48.5 Å². The van der Waals surface area contributed by atoms with Gasteiger partial charge in [-0.1, -0.05) is 12.1 Å². The molecule has 0 aliphatic heterocycles. The van der Waals surface area contributed by atoms with Crippen molar-refractivity contribution < 1.29 is 18.7 Å². The molecule has 0 aliphatic rings. The van der Waals surface area contributed by atoms with E-state index < -0.39 is 17.6 Å². The third-order valence-corrected chi connectivity index (χ3v) is 3.88. The van der Waals surface area contributed by atoms with Crippen LogP contribution in [0.15, 0.2) is 57.7 Å². The molecular formula is C19H19N3O5. The Kier molecular flexibility index (Phi) is 5.55. The number of amides is 2. The average Bonchev–Trinajstić information content (AvgIpc) is 3.00. The SMILES string of the molecule is CCOc1ccc(C(=O)NNC(=O)CCn2c(=O)oc3ccccc32)cc1. The number of nitrogens with zero attached hydrogens (tertiary/aromatic N) is 1. The van der Waals surface area contributed by atoms with Crippen molar-refractivity contribution in [3.8, 4) is 5.75 Å². The largest absolute Gasteiger partial charge is 0.494 e. The number of oxazole rings is 1. The summed E-state index contributed by atoms with van der Waals surface area (Å²) in [4.78, 5) is 35.9. The first-order chi connectivity index (χ1) is 13.1. The van der Waals surface area contributed by atoms with E-state index in [0.29, 0.717) is 29.0 Å². The van der Waals surface area contributed by atoms with E-state index in [1.165, 1.54) is 4.57 Å². The summed E-state index contributed by atoms with van der Waals surface area (Å²) >= 11 is 0. The van der Waals surface area contributed by atoms with E-state index in [2.05, 4.69) is 10.9 Å². The van der Waals surface area contributed by atoms with Crippen molar-refractivity contribution in [1.82, 2.24) is 15.4 Å². The number of hydrogen-bond donors (Lipinski definition) is 2. The van der Waals surface area contributed by atoms with Crippen molar-refractivity contribution in [2.24, 2.45) is 0 Å². The summed E-state index contributed by atoms with van der Waals surface area (Å²) < 4.78 is 11.8. The molecule has 2 aromatic carbocycles. The average molecular weight is 369 g/mol. The Morgan fingerprint density at radius 2 is 1.81 bits per heavy atom. The molecule has 8 nitrogen and oxygen atoms in total. The van der Waals surface area contributed by atoms with Crippen molar-refractivity contribution in [2.45, 2.75) is 19.9 Å². The summed E-state index contributed by atoms with van der Waals surface area (Å²) in [6.45, 7) is 2.55. The van der Waals surface area contributed by atoms with Crippen LogP contribution in [0.4, 0.5) is 0 Å². The van der Waals surface area contributed by atoms with E-state index >= 15 is 0 Å². The van der Waals surface area contributed by atoms with E-state index in [0.717, 1.165) is 0 Å². The Labute approximate surface area is 154 Å². The summed E-state index contributed by atoms with van der Waals surface area (Å²) in [5, 5.41) is 0. The number of hydrogen-bond acceptors (Lipinski definition) is 5. The van der Waals surface area contributed by atoms with Crippen LogP contribution in [-0.4, -0.2) is 23.0 Å². The zero-order valence-electron chi connectivity index (χ0n) is 14.7. The van der Waals surface area contributed by atoms with Gasteiger partial charge in [-0.3, -0.25) is 25.0 Å². The molecule has 0 saturated carbocycles. The Balaban J connectivity index is 1.52. The smallest absolute Gasteiger partial charge is 0.419 e. The molecule has 0 unspecified atom stereocenters. The maximum absolute atomic E-state index is 12.0. The van der Waals surface area contributed by atoms with Gasteiger partial charge in [0.25, 0.3) is 5.91 Å². The van der Waals surface area contributed by atoms with E-state index in [1.807, 2.05) is 6.92 Å². The monoisotopic (exact) mass is 369 g/mol. The van der Waals surface area contributed by atoms with Crippen molar-refractivity contribution in [2.75, 3.05) is 6.61 Å². The molecule has 2 amide bonds. The molecule has 0 bridgehead atoms. The summed E-state index contributed by atoms with van der Waals surface area (Å²) in [6, 6.07) is 13.5. The molecule has 0 radical (unpaired) electrons. The number of hydrazine groups is 1. The maximum atomic E-state index is 12.0. The number of fused-ring (bicyclic) bond motifs is 1. The number of aromatic nitrogens is 1. The van der Waals surface area contributed by atoms with Crippen LogP contribution in [0.2, 0.25) is 0 Å². The number of carbonyl (C=O) groups is 2. The molecule has 2 N–H and O–H groups in total. The summed E-state index contributed by atoms with van der Waals surface area (Å²) in [5.74, 6) is -0.734.